The molecule has 2 heteroatoms. The van der Waals surface area contributed by atoms with Crippen LogP contribution in [0.4, 0.5) is 0 Å². The molecule has 2 aromatic heterocycles. The summed E-state index contributed by atoms with van der Waals surface area (Å²) < 4.78 is 2.20. The average molecular weight is 449 g/mol. The number of hydrogen-bond donors (Lipinski definition) is 0. The number of fused-ring (bicyclic) bond motifs is 2. The Morgan fingerprint density at radius 3 is 1.51 bits per heavy atom. The summed E-state index contributed by atoms with van der Waals surface area (Å²) >= 11 is 0. The lowest BCUT2D eigenvalue weighted by Gasteiger charge is -2.09. The first-order chi connectivity index (χ1) is 17.4. The van der Waals surface area contributed by atoms with E-state index in [1.165, 1.54) is 32.7 Å². The van der Waals surface area contributed by atoms with Crippen molar-refractivity contribution < 1.29 is 0 Å². The van der Waals surface area contributed by atoms with Gasteiger partial charge in [-0.3, -0.25) is 4.57 Å². The van der Waals surface area contributed by atoms with Gasteiger partial charge in [0.25, 0.3) is 0 Å². The van der Waals surface area contributed by atoms with Crippen LogP contribution in [0.5, 0.6) is 0 Å². The molecule has 0 aliphatic rings. The number of rotatable bonds is 5. The van der Waals surface area contributed by atoms with E-state index in [1.54, 1.807) is 0 Å². The predicted molar refractivity (Wildman–Crippen MR) is 149 cm³/mol. The minimum absolute atomic E-state index is 0.896. The maximum absolute atomic E-state index is 4.65. The van der Waals surface area contributed by atoms with Crippen LogP contribution in [-0.2, 0) is 0 Å². The Hall–Kier alpha value is -4.69. The predicted octanol–water partition coefficient (Wildman–Crippen LogP) is 8.52. The second-order valence-electron chi connectivity index (χ2n) is 8.51. The third-order valence-electron chi connectivity index (χ3n) is 6.33. The van der Waals surface area contributed by atoms with Gasteiger partial charge in [-0.15, -0.1) is 0 Å². The second kappa shape index (κ2) is 9.28. The summed E-state index contributed by atoms with van der Waals surface area (Å²) in [4.78, 5) is 4.65. The Morgan fingerprint density at radius 2 is 0.971 bits per heavy atom. The van der Waals surface area contributed by atoms with Crippen molar-refractivity contribution in [1.29, 1.82) is 0 Å². The van der Waals surface area contributed by atoms with E-state index in [0.29, 0.717) is 0 Å². The normalized spacial score (nSPS) is 11.8. The van der Waals surface area contributed by atoms with Gasteiger partial charge in [0.1, 0.15) is 5.82 Å². The van der Waals surface area contributed by atoms with E-state index in [-0.39, 0.29) is 0 Å². The van der Waals surface area contributed by atoms with E-state index in [2.05, 4.69) is 131 Å². The minimum Gasteiger partial charge on any atom is -0.295 e. The van der Waals surface area contributed by atoms with Crippen LogP contribution in [0.25, 0.3) is 51.7 Å². The molecule has 2 nitrogen and oxygen atoms in total. The fourth-order valence-corrected chi connectivity index (χ4v) is 4.62. The van der Waals surface area contributed by atoms with Gasteiger partial charge in [0.05, 0.1) is 0 Å². The zero-order valence-electron chi connectivity index (χ0n) is 19.3. The first-order valence-electron chi connectivity index (χ1n) is 11.8. The Bertz CT molecular complexity index is 1570. The van der Waals surface area contributed by atoms with Crippen molar-refractivity contribution >= 4 is 45.8 Å². The average Bonchev–Trinajstić information content (AvgIpc) is 3.34. The number of pyridine rings is 1. The molecule has 0 amide bonds. The van der Waals surface area contributed by atoms with E-state index < -0.39 is 0 Å². The summed E-state index contributed by atoms with van der Waals surface area (Å²) in [5.74, 6) is 0.896. The van der Waals surface area contributed by atoms with E-state index in [0.717, 1.165) is 17.2 Å². The van der Waals surface area contributed by atoms with Crippen molar-refractivity contribution in [2.45, 2.75) is 0 Å². The highest BCUT2D eigenvalue weighted by molar-refractivity contribution is 5.94. The maximum atomic E-state index is 4.65. The summed E-state index contributed by atoms with van der Waals surface area (Å²) in [5, 5.41) is 4.98. The molecule has 2 heterocycles. The third kappa shape index (κ3) is 4.18. The standard InChI is InChI=1S/C33H24N2/c1-3-15-31-25(9-1)11-7-13-27(31)18-20-29-22-23-30(35(29)33-17-5-6-24-34-33)21-19-28-14-8-12-26-10-2-4-16-32(26)28/h1-24H. The van der Waals surface area contributed by atoms with Crippen LogP contribution in [0.3, 0.4) is 0 Å². The molecule has 166 valence electrons. The van der Waals surface area contributed by atoms with Gasteiger partial charge in [0.2, 0.25) is 0 Å². The van der Waals surface area contributed by atoms with Gasteiger partial charge < -0.3 is 0 Å². The van der Waals surface area contributed by atoms with Crippen molar-refractivity contribution in [1.82, 2.24) is 9.55 Å². The van der Waals surface area contributed by atoms with Crippen molar-refractivity contribution in [2.75, 3.05) is 0 Å². The van der Waals surface area contributed by atoms with Gasteiger partial charge in [0.15, 0.2) is 0 Å². The molecule has 0 radical (unpaired) electrons. The van der Waals surface area contributed by atoms with Crippen molar-refractivity contribution in [3.8, 4) is 5.82 Å². The quantitative estimate of drug-likeness (QED) is 0.258. The Labute approximate surface area is 205 Å². The lowest BCUT2D eigenvalue weighted by molar-refractivity contribution is 0.985. The molecule has 0 atom stereocenters. The highest BCUT2D eigenvalue weighted by Crippen LogP contribution is 2.25. The van der Waals surface area contributed by atoms with E-state index in [4.69, 9.17) is 0 Å². The molecule has 0 unspecified atom stereocenters. The maximum Gasteiger partial charge on any atom is 0.137 e. The zero-order chi connectivity index (χ0) is 23.5. The fraction of sp³-hybridized carbons (Fsp3) is 0. The van der Waals surface area contributed by atoms with Gasteiger partial charge >= 0.3 is 0 Å². The summed E-state index contributed by atoms with van der Waals surface area (Å²) in [6.07, 6.45) is 10.6. The molecule has 4 aromatic carbocycles. The van der Waals surface area contributed by atoms with E-state index in [9.17, 15) is 0 Å². The van der Waals surface area contributed by atoms with E-state index >= 15 is 0 Å². The Balaban J connectivity index is 1.43. The molecular formula is C33H24N2. The van der Waals surface area contributed by atoms with Crippen LogP contribution in [0, 0.1) is 0 Å². The summed E-state index contributed by atoms with van der Waals surface area (Å²) in [5.41, 5.74) is 4.55. The van der Waals surface area contributed by atoms with Gasteiger partial charge in [-0.05, 0) is 69.1 Å². The zero-order valence-corrected chi connectivity index (χ0v) is 19.3. The Morgan fingerprint density at radius 1 is 0.457 bits per heavy atom. The molecule has 0 bridgehead atoms. The molecule has 35 heavy (non-hydrogen) atoms. The van der Waals surface area contributed by atoms with Crippen molar-refractivity contribution in [3.05, 3.63) is 144 Å². The van der Waals surface area contributed by atoms with Crippen LogP contribution >= 0.6 is 0 Å². The van der Waals surface area contributed by atoms with E-state index in [1.807, 2.05) is 24.4 Å². The van der Waals surface area contributed by atoms with Gasteiger partial charge in [-0.1, -0.05) is 103 Å². The topological polar surface area (TPSA) is 17.8 Å². The Kier molecular flexibility index (Phi) is 5.54. The number of benzene rings is 4. The highest BCUT2D eigenvalue weighted by Gasteiger charge is 2.08. The van der Waals surface area contributed by atoms with Gasteiger partial charge in [0, 0.05) is 17.6 Å². The molecule has 0 fully saturated rings. The largest absolute Gasteiger partial charge is 0.295 e. The third-order valence-corrected chi connectivity index (χ3v) is 6.33. The number of nitrogens with zero attached hydrogens (tertiary/aromatic N) is 2. The lowest BCUT2D eigenvalue weighted by atomic mass is 10.0. The SMILES string of the molecule is C(=Cc1ccc(C=Cc2cccc3ccccc23)n1-c1ccccn1)c1cccc2ccccc12. The van der Waals surface area contributed by atoms with Crippen LogP contribution in [0.15, 0.2) is 121 Å². The smallest absolute Gasteiger partial charge is 0.137 e. The van der Waals surface area contributed by atoms with Crippen LogP contribution in [-0.4, -0.2) is 9.55 Å². The van der Waals surface area contributed by atoms with Crippen molar-refractivity contribution in [3.63, 3.8) is 0 Å². The molecule has 0 aliphatic carbocycles. The molecule has 0 aliphatic heterocycles. The number of aromatic nitrogens is 2. The van der Waals surface area contributed by atoms with Gasteiger partial charge in [-0.25, -0.2) is 4.98 Å². The molecule has 0 N–H and O–H groups in total. The molecular weight excluding hydrogens is 424 g/mol. The van der Waals surface area contributed by atoms with Crippen LogP contribution in [0.2, 0.25) is 0 Å². The summed E-state index contributed by atoms with van der Waals surface area (Å²) in [7, 11) is 0. The number of hydrogen-bond acceptors (Lipinski definition) is 1. The molecule has 0 saturated heterocycles. The monoisotopic (exact) mass is 448 g/mol. The molecule has 0 saturated carbocycles. The first kappa shape index (κ1) is 20.9. The van der Waals surface area contributed by atoms with Crippen LogP contribution in [0.1, 0.15) is 22.5 Å². The molecule has 0 spiro atoms. The van der Waals surface area contributed by atoms with Crippen LogP contribution < -0.4 is 0 Å². The summed E-state index contributed by atoms with van der Waals surface area (Å²) in [6, 6.07) is 40.2. The lowest BCUT2D eigenvalue weighted by Crippen LogP contribution is -2.01. The highest BCUT2D eigenvalue weighted by atomic mass is 15.1. The van der Waals surface area contributed by atoms with Crippen molar-refractivity contribution in [2.24, 2.45) is 0 Å². The van der Waals surface area contributed by atoms with Gasteiger partial charge in [-0.2, -0.15) is 0 Å². The molecule has 6 rings (SSSR count). The molecule has 6 aromatic rings. The minimum atomic E-state index is 0.896. The second-order valence-corrected chi connectivity index (χ2v) is 8.51. The summed E-state index contributed by atoms with van der Waals surface area (Å²) in [6.45, 7) is 0. The fourth-order valence-electron chi connectivity index (χ4n) is 4.62. The first-order valence-corrected chi connectivity index (χ1v) is 11.8.